The Balaban J connectivity index is 1.63. The molecule has 0 bridgehead atoms. The van der Waals surface area contributed by atoms with E-state index in [1.54, 1.807) is 6.07 Å². The second-order valence-corrected chi connectivity index (χ2v) is 8.62. The molecule has 0 saturated heterocycles. The van der Waals surface area contributed by atoms with Crippen LogP contribution in [0.5, 0.6) is 5.75 Å². The number of nitrogens with zero attached hydrogens (tertiary/aromatic N) is 2. The maximum Gasteiger partial charge on any atom is 0.416 e. The minimum absolute atomic E-state index is 0.126. The zero-order chi connectivity index (χ0) is 24.3. The molecule has 1 aliphatic rings. The third kappa shape index (κ3) is 4.98. The molecule has 1 amide bonds. The van der Waals surface area contributed by atoms with Crippen LogP contribution in [0.2, 0.25) is 0 Å². The first-order valence-electron chi connectivity index (χ1n) is 11.0. The molecule has 1 heterocycles. The van der Waals surface area contributed by atoms with Gasteiger partial charge in [0.25, 0.3) is 11.3 Å². The van der Waals surface area contributed by atoms with Crippen LogP contribution in [-0.4, -0.2) is 20.8 Å². The van der Waals surface area contributed by atoms with Crippen LogP contribution < -0.4 is 10.7 Å². The van der Waals surface area contributed by atoms with Crippen molar-refractivity contribution in [1.29, 1.82) is 0 Å². The summed E-state index contributed by atoms with van der Waals surface area (Å²) in [7, 11) is 0. The minimum Gasteiger partial charge on any atom is -0.503 e. The highest BCUT2D eigenvalue weighted by Gasteiger charge is 2.39. The first-order chi connectivity index (χ1) is 16.2. The van der Waals surface area contributed by atoms with Gasteiger partial charge in [-0.1, -0.05) is 61.4 Å². The van der Waals surface area contributed by atoms with Crippen LogP contribution >= 0.6 is 0 Å². The molecule has 9 heteroatoms. The summed E-state index contributed by atoms with van der Waals surface area (Å²) in [6, 6.07) is 14.3. The SMILES string of the molecule is O=C(NCc1ccccc1)c1nn(CC2(c3cccc(C(F)(F)F)c3)CCCC2)cc(O)c1=O. The van der Waals surface area contributed by atoms with Gasteiger partial charge < -0.3 is 10.4 Å². The lowest BCUT2D eigenvalue weighted by atomic mass is 9.78. The summed E-state index contributed by atoms with van der Waals surface area (Å²) in [4.78, 5) is 25.1. The van der Waals surface area contributed by atoms with E-state index in [9.17, 15) is 27.9 Å². The Bertz CT molecular complexity index is 1230. The molecule has 0 aliphatic heterocycles. The van der Waals surface area contributed by atoms with Crippen molar-refractivity contribution in [1.82, 2.24) is 15.1 Å². The van der Waals surface area contributed by atoms with Gasteiger partial charge in [-0.25, -0.2) is 0 Å². The Hall–Kier alpha value is -3.62. The van der Waals surface area contributed by atoms with E-state index in [1.165, 1.54) is 10.7 Å². The van der Waals surface area contributed by atoms with Crippen LogP contribution in [0, 0.1) is 0 Å². The molecule has 4 rings (SSSR count). The van der Waals surface area contributed by atoms with Crippen LogP contribution in [0.25, 0.3) is 0 Å². The molecule has 34 heavy (non-hydrogen) atoms. The van der Waals surface area contributed by atoms with Gasteiger partial charge in [-0.3, -0.25) is 14.3 Å². The topological polar surface area (TPSA) is 84.2 Å². The normalized spacial score (nSPS) is 15.3. The maximum absolute atomic E-state index is 13.3. The van der Waals surface area contributed by atoms with Gasteiger partial charge >= 0.3 is 6.18 Å². The number of benzene rings is 2. The number of aromatic nitrogens is 2. The van der Waals surface area contributed by atoms with Crippen LogP contribution in [0.4, 0.5) is 13.2 Å². The van der Waals surface area contributed by atoms with E-state index in [4.69, 9.17) is 0 Å². The average molecular weight is 471 g/mol. The summed E-state index contributed by atoms with van der Waals surface area (Å²) >= 11 is 0. The molecule has 0 spiro atoms. The van der Waals surface area contributed by atoms with Gasteiger partial charge in [-0.2, -0.15) is 18.3 Å². The van der Waals surface area contributed by atoms with Gasteiger partial charge in [0.1, 0.15) is 0 Å². The number of halogens is 3. The predicted molar refractivity (Wildman–Crippen MR) is 119 cm³/mol. The van der Waals surface area contributed by atoms with Crippen LogP contribution in [0.1, 0.15) is 52.9 Å². The Labute approximate surface area is 194 Å². The fourth-order valence-electron chi connectivity index (χ4n) is 4.54. The van der Waals surface area contributed by atoms with E-state index in [2.05, 4.69) is 10.4 Å². The molecule has 2 aromatic carbocycles. The molecule has 1 aromatic heterocycles. The molecule has 2 N–H and O–H groups in total. The number of amides is 1. The largest absolute Gasteiger partial charge is 0.503 e. The molecular weight excluding hydrogens is 447 g/mol. The van der Waals surface area contributed by atoms with E-state index in [-0.39, 0.29) is 13.1 Å². The highest BCUT2D eigenvalue weighted by Crippen LogP contribution is 2.44. The molecular formula is C25H24F3N3O3. The molecule has 0 atom stereocenters. The predicted octanol–water partition coefficient (Wildman–Crippen LogP) is 4.41. The first kappa shape index (κ1) is 23.5. The van der Waals surface area contributed by atoms with Crippen LogP contribution in [0.3, 0.4) is 0 Å². The fraction of sp³-hybridized carbons (Fsp3) is 0.320. The highest BCUT2D eigenvalue weighted by atomic mass is 19.4. The fourth-order valence-corrected chi connectivity index (χ4v) is 4.54. The van der Waals surface area contributed by atoms with Crippen LogP contribution in [0.15, 0.2) is 65.6 Å². The van der Waals surface area contributed by atoms with Crippen molar-refractivity contribution in [3.63, 3.8) is 0 Å². The Morgan fingerprint density at radius 2 is 1.79 bits per heavy atom. The molecule has 1 fully saturated rings. The van der Waals surface area contributed by atoms with E-state index < -0.39 is 39.9 Å². The molecule has 6 nitrogen and oxygen atoms in total. The van der Waals surface area contributed by atoms with Gasteiger partial charge in [0.2, 0.25) is 0 Å². The number of aromatic hydroxyl groups is 1. The van der Waals surface area contributed by atoms with Gasteiger partial charge in [0.05, 0.1) is 18.3 Å². The number of nitrogens with one attached hydrogen (secondary N) is 1. The van der Waals surface area contributed by atoms with Gasteiger partial charge in [-0.05, 0) is 30.0 Å². The van der Waals surface area contributed by atoms with Crippen molar-refractivity contribution in [2.24, 2.45) is 0 Å². The molecule has 3 aromatic rings. The number of carbonyl (C=O) groups is 1. The quantitative estimate of drug-likeness (QED) is 0.558. The Morgan fingerprint density at radius 1 is 1.09 bits per heavy atom. The Morgan fingerprint density at radius 3 is 2.47 bits per heavy atom. The number of hydrogen-bond donors (Lipinski definition) is 2. The lowest BCUT2D eigenvalue weighted by Crippen LogP contribution is -2.34. The van der Waals surface area contributed by atoms with E-state index in [1.807, 2.05) is 30.3 Å². The van der Waals surface area contributed by atoms with E-state index >= 15 is 0 Å². The van der Waals surface area contributed by atoms with E-state index in [0.717, 1.165) is 36.7 Å². The second-order valence-electron chi connectivity index (χ2n) is 8.62. The molecule has 1 aliphatic carbocycles. The minimum atomic E-state index is -4.46. The summed E-state index contributed by atoms with van der Waals surface area (Å²) in [5.41, 5.74) is -1.41. The highest BCUT2D eigenvalue weighted by molar-refractivity contribution is 5.92. The number of carbonyl (C=O) groups excluding carboxylic acids is 1. The third-order valence-corrected chi connectivity index (χ3v) is 6.29. The van der Waals surface area contributed by atoms with Crippen molar-refractivity contribution < 1.29 is 23.1 Å². The van der Waals surface area contributed by atoms with Crippen molar-refractivity contribution in [3.8, 4) is 5.75 Å². The molecule has 178 valence electrons. The standard InChI is InChI=1S/C25H24F3N3O3/c26-25(27,28)19-10-6-9-18(13-19)24(11-4-5-12-24)16-31-15-20(32)22(33)21(30-31)23(34)29-14-17-7-2-1-3-8-17/h1-3,6-10,13,15,32H,4-5,11-12,14,16H2,(H,29,34). The van der Waals surface area contributed by atoms with Crippen molar-refractivity contribution >= 4 is 5.91 Å². The molecule has 0 unspecified atom stereocenters. The van der Waals surface area contributed by atoms with Gasteiger partial charge in [-0.15, -0.1) is 0 Å². The number of rotatable bonds is 6. The van der Waals surface area contributed by atoms with Crippen molar-refractivity contribution in [2.75, 3.05) is 0 Å². The van der Waals surface area contributed by atoms with Crippen molar-refractivity contribution in [2.45, 2.75) is 50.4 Å². The average Bonchev–Trinajstić information content (AvgIpc) is 3.29. The summed E-state index contributed by atoms with van der Waals surface area (Å²) in [5.74, 6) is -1.38. The first-order valence-corrected chi connectivity index (χ1v) is 11.0. The summed E-state index contributed by atoms with van der Waals surface area (Å²) in [5, 5.41) is 17.0. The zero-order valence-electron chi connectivity index (χ0n) is 18.3. The van der Waals surface area contributed by atoms with E-state index in [0.29, 0.717) is 18.4 Å². The molecule has 0 radical (unpaired) electrons. The third-order valence-electron chi connectivity index (χ3n) is 6.29. The summed E-state index contributed by atoms with van der Waals surface area (Å²) in [6.45, 7) is 0.297. The Kier molecular flexibility index (Phi) is 6.45. The summed E-state index contributed by atoms with van der Waals surface area (Å²) < 4.78 is 41.2. The summed E-state index contributed by atoms with van der Waals surface area (Å²) in [6.07, 6.45) is -0.436. The van der Waals surface area contributed by atoms with Crippen molar-refractivity contribution in [3.05, 3.63) is 93.4 Å². The number of alkyl halides is 3. The number of hydrogen-bond acceptors (Lipinski definition) is 4. The lowest BCUT2D eigenvalue weighted by Gasteiger charge is -2.31. The lowest BCUT2D eigenvalue weighted by molar-refractivity contribution is -0.137. The van der Waals surface area contributed by atoms with Gasteiger partial charge in [0.15, 0.2) is 11.4 Å². The smallest absolute Gasteiger partial charge is 0.416 e. The van der Waals surface area contributed by atoms with Gasteiger partial charge in [0, 0.05) is 12.0 Å². The monoisotopic (exact) mass is 471 g/mol. The zero-order valence-corrected chi connectivity index (χ0v) is 18.3. The van der Waals surface area contributed by atoms with Crippen LogP contribution in [-0.2, 0) is 24.7 Å². The maximum atomic E-state index is 13.3. The molecule has 1 saturated carbocycles. The second kappa shape index (κ2) is 9.32.